The first-order valence-corrected chi connectivity index (χ1v) is 4.29. The second kappa shape index (κ2) is 4.69. The van der Waals surface area contributed by atoms with Gasteiger partial charge in [-0.1, -0.05) is 0 Å². The number of aryl methyl sites for hydroxylation is 1. The van der Waals surface area contributed by atoms with E-state index in [1.54, 1.807) is 6.92 Å². The number of pyridine rings is 1. The summed E-state index contributed by atoms with van der Waals surface area (Å²) in [4.78, 5) is 3.90. The minimum absolute atomic E-state index is 0.0674. The maximum absolute atomic E-state index is 12.8. The van der Waals surface area contributed by atoms with E-state index in [9.17, 15) is 8.78 Å². The molecule has 0 atom stereocenters. The molecule has 5 heteroatoms. The van der Waals surface area contributed by atoms with E-state index in [1.807, 2.05) is 6.07 Å². The molecule has 15 heavy (non-hydrogen) atoms. The number of alkyl halides is 2. The topological polar surface area (TPSA) is 45.9 Å². The third-order valence-electron chi connectivity index (χ3n) is 2.03. The van der Waals surface area contributed by atoms with Crippen molar-refractivity contribution in [1.29, 1.82) is 5.26 Å². The summed E-state index contributed by atoms with van der Waals surface area (Å²) in [7, 11) is 1.31. The smallest absolute Gasteiger partial charge is 0.267 e. The fourth-order valence-electron chi connectivity index (χ4n) is 1.37. The molecule has 1 rings (SSSR count). The zero-order chi connectivity index (χ0) is 11.4. The van der Waals surface area contributed by atoms with Crippen molar-refractivity contribution in [3.8, 4) is 11.8 Å². The van der Waals surface area contributed by atoms with Crippen LogP contribution in [0, 0.1) is 18.3 Å². The number of nitriles is 1. The lowest BCUT2D eigenvalue weighted by Crippen LogP contribution is -2.02. The summed E-state index contributed by atoms with van der Waals surface area (Å²) in [6.45, 7) is 1.58. The van der Waals surface area contributed by atoms with Crippen molar-refractivity contribution in [3.63, 3.8) is 0 Å². The summed E-state index contributed by atoms with van der Waals surface area (Å²) in [5, 5.41) is 8.50. The molecule has 0 aliphatic rings. The number of hydrogen-bond acceptors (Lipinski definition) is 3. The predicted molar refractivity (Wildman–Crippen MR) is 49.8 cm³/mol. The van der Waals surface area contributed by atoms with Crippen LogP contribution in [0.3, 0.4) is 0 Å². The van der Waals surface area contributed by atoms with Crippen LogP contribution >= 0.6 is 0 Å². The van der Waals surface area contributed by atoms with Gasteiger partial charge in [-0.3, -0.25) is 4.98 Å². The maximum atomic E-state index is 12.8. The van der Waals surface area contributed by atoms with Crippen LogP contribution in [-0.4, -0.2) is 12.1 Å². The predicted octanol–water partition coefficient (Wildman–Crippen LogP) is 2.40. The second-order valence-electron chi connectivity index (χ2n) is 2.95. The Morgan fingerprint density at radius 2 is 2.27 bits per heavy atom. The van der Waals surface area contributed by atoms with Gasteiger partial charge < -0.3 is 4.74 Å². The Bertz CT molecular complexity index is 399. The van der Waals surface area contributed by atoms with E-state index >= 15 is 0 Å². The van der Waals surface area contributed by atoms with Gasteiger partial charge in [0.1, 0.15) is 5.75 Å². The number of ether oxygens (including phenoxy) is 1. The van der Waals surface area contributed by atoms with E-state index in [-0.39, 0.29) is 23.3 Å². The number of methoxy groups -OCH3 is 1. The van der Waals surface area contributed by atoms with Gasteiger partial charge in [-0.25, -0.2) is 8.78 Å². The van der Waals surface area contributed by atoms with Crippen molar-refractivity contribution in [2.45, 2.75) is 19.8 Å². The van der Waals surface area contributed by atoms with Gasteiger partial charge in [-0.05, 0) is 12.5 Å². The standard InChI is InChI=1S/C10H10F2N2O/c1-6-9(15-2)8(10(11)12)7(3-4-13)5-14-6/h5,10H,3H2,1-2H3. The van der Waals surface area contributed by atoms with E-state index in [4.69, 9.17) is 10.00 Å². The third kappa shape index (κ3) is 2.21. The first-order chi connectivity index (χ1) is 7.11. The second-order valence-corrected chi connectivity index (χ2v) is 2.95. The monoisotopic (exact) mass is 212 g/mol. The first kappa shape index (κ1) is 11.4. The van der Waals surface area contributed by atoms with Crippen LogP contribution in [0.25, 0.3) is 0 Å². The lowest BCUT2D eigenvalue weighted by Gasteiger charge is -2.13. The normalized spacial score (nSPS) is 10.1. The summed E-state index contributed by atoms with van der Waals surface area (Å²) in [6, 6.07) is 1.82. The van der Waals surface area contributed by atoms with E-state index in [1.165, 1.54) is 13.3 Å². The Kier molecular flexibility index (Phi) is 3.56. The fraction of sp³-hybridized carbons (Fsp3) is 0.400. The quantitative estimate of drug-likeness (QED) is 0.772. The van der Waals surface area contributed by atoms with Crippen molar-refractivity contribution < 1.29 is 13.5 Å². The average molecular weight is 212 g/mol. The summed E-state index contributed by atoms with van der Waals surface area (Å²) >= 11 is 0. The van der Waals surface area contributed by atoms with Crippen molar-refractivity contribution >= 4 is 0 Å². The van der Waals surface area contributed by atoms with Crippen LogP contribution in [0.15, 0.2) is 6.20 Å². The molecule has 0 aliphatic heterocycles. The maximum Gasteiger partial charge on any atom is 0.267 e. The van der Waals surface area contributed by atoms with Gasteiger partial charge >= 0.3 is 0 Å². The van der Waals surface area contributed by atoms with E-state index < -0.39 is 6.43 Å². The zero-order valence-corrected chi connectivity index (χ0v) is 8.42. The van der Waals surface area contributed by atoms with Crippen molar-refractivity contribution in [2.24, 2.45) is 0 Å². The minimum atomic E-state index is -2.66. The van der Waals surface area contributed by atoms with E-state index in [2.05, 4.69) is 4.98 Å². The molecule has 0 spiro atoms. The van der Waals surface area contributed by atoms with Gasteiger partial charge in [0, 0.05) is 6.20 Å². The number of halogens is 2. The lowest BCUT2D eigenvalue weighted by atomic mass is 10.1. The molecule has 0 unspecified atom stereocenters. The van der Waals surface area contributed by atoms with Gasteiger partial charge in [-0.15, -0.1) is 0 Å². The van der Waals surface area contributed by atoms with Gasteiger partial charge in [0.05, 0.1) is 30.9 Å². The molecule has 0 saturated carbocycles. The van der Waals surface area contributed by atoms with E-state index in [0.29, 0.717) is 5.69 Å². The summed E-state index contributed by atoms with van der Waals surface area (Å²) in [5.41, 5.74) is 0.385. The molecule has 0 amide bonds. The number of hydrogen-bond donors (Lipinski definition) is 0. The van der Waals surface area contributed by atoms with Crippen molar-refractivity contribution in [3.05, 3.63) is 23.0 Å². The SMILES string of the molecule is COc1c(C)ncc(CC#N)c1C(F)F. The molecular formula is C10H10F2N2O. The Morgan fingerprint density at radius 3 is 2.73 bits per heavy atom. The van der Waals surface area contributed by atoms with Gasteiger partial charge in [0.15, 0.2) is 0 Å². The van der Waals surface area contributed by atoms with Gasteiger partial charge in [0.2, 0.25) is 0 Å². The fourth-order valence-corrected chi connectivity index (χ4v) is 1.37. The molecule has 0 N–H and O–H groups in total. The van der Waals surface area contributed by atoms with Crippen LogP contribution in [-0.2, 0) is 6.42 Å². The lowest BCUT2D eigenvalue weighted by molar-refractivity contribution is 0.145. The highest BCUT2D eigenvalue weighted by Gasteiger charge is 2.21. The van der Waals surface area contributed by atoms with Crippen LogP contribution in [0.1, 0.15) is 23.2 Å². The molecule has 1 aromatic heterocycles. The molecule has 1 heterocycles. The molecular weight excluding hydrogens is 202 g/mol. The Morgan fingerprint density at radius 1 is 1.60 bits per heavy atom. The Balaban J connectivity index is 3.36. The van der Waals surface area contributed by atoms with Crippen molar-refractivity contribution in [2.75, 3.05) is 7.11 Å². The van der Waals surface area contributed by atoms with Crippen LogP contribution in [0.2, 0.25) is 0 Å². The summed E-state index contributed by atoms with van der Waals surface area (Å²) < 4.78 is 30.4. The molecule has 0 fully saturated rings. The molecule has 0 aliphatic carbocycles. The van der Waals surface area contributed by atoms with Crippen LogP contribution in [0.5, 0.6) is 5.75 Å². The van der Waals surface area contributed by atoms with Crippen LogP contribution < -0.4 is 4.74 Å². The zero-order valence-electron chi connectivity index (χ0n) is 8.42. The average Bonchev–Trinajstić information content (AvgIpc) is 2.20. The number of nitrogens with zero attached hydrogens (tertiary/aromatic N) is 2. The molecule has 3 nitrogen and oxygen atoms in total. The molecule has 0 radical (unpaired) electrons. The van der Waals surface area contributed by atoms with Crippen LogP contribution in [0.4, 0.5) is 8.78 Å². The highest BCUT2D eigenvalue weighted by molar-refractivity contribution is 5.43. The third-order valence-corrected chi connectivity index (χ3v) is 2.03. The number of aromatic nitrogens is 1. The highest BCUT2D eigenvalue weighted by atomic mass is 19.3. The first-order valence-electron chi connectivity index (χ1n) is 4.29. The largest absolute Gasteiger partial charge is 0.494 e. The summed E-state index contributed by atoms with van der Waals surface area (Å²) in [6.07, 6.45) is -1.46. The molecule has 0 aromatic carbocycles. The van der Waals surface area contributed by atoms with E-state index in [0.717, 1.165) is 0 Å². The number of rotatable bonds is 3. The van der Waals surface area contributed by atoms with Gasteiger partial charge in [0.25, 0.3) is 6.43 Å². The Labute approximate surface area is 86.3 Å². The molecule has 0 bridgehead atoms. The summed E-state index contributed by atoms with van der Waals surface area (Å²) in [5.74, 6) is 0.0674. The molecule has 1 aromatic rings. The van der Waals surface area contributed by atoms with Crippen molar-refractivity contribution in [1.82, 2.24) is 4.98 Å². The van der Waals surface area contributed by atoms with Gasteiger partial charge in [-0.2, -0.15) is 5.26 Å². The Hall–Kier alpha value is -1.70. The highest BCUT2D eigenvalue weighted by Crippen LogP contribution is 2.33. The molecule has 0 saturated heterocycles. The molecule has 80 valence electrons. The minimum Gasteiger partial charge on any atom is -0.494 e.